The number of phosphoric ester groups is 1. The summed E-state index contributed by atoms with van der Waals surface area (Å²) in [6, 6.07) is 6.20. The van der Waals surface area contributed by atoms with Gasteiger partial charge in [-0.3, -0.25) is 9.32 Å². The van der Waals surface area contributed by atoms with Crippen molar-refractivity contribution in [1.29, 1.82) is 0 Å². The van der Waals surface area contributed by atoms with Crippen molar-refractivity contribution >= 4 is 20.0 Å². The molecule has 0 saturated heterocycles. The summed E-state index contributed by atoms with van der Waals surface area (Å²) in [7, 11) is -4.87. The van der Waals surface area contributed by atoms with E-state index in [4.69, 9.17) is 9.79 Å². The second kappa shape index (κ2) is 9.00. The number of carbonyl (C=O) groups excluding carboxylic acids is 2. The molecule has 0 spiro atoms. The van der Waals surface area contributed by atoms with Gasteiger partial charge in [-0.25, -0.2) is 4.57 Å². The molecular weight excluding hydrogens is 345 g/mol. The van der Waals surface area contributed by atoms with E-state index >= 15 is 0 Å². The molecule has 0 heterocycles. The van der Waals surface area contributed by atoms with Crippen molar-refractivity contribution in [2.75, 3.05) is 6.61 Å². The van der Waals surface area contributed by atoms with Gasteiger partial charge >= 0.3 is 7.82 Å². The molecule has 0 aliphatic carbocycles. The van der Waals surface area contributed by atoms with E-state index in [1.54, 1.807) is 18.2 Å². The van der Waals surface area contributed by atoms with Crippen molar-refractivity contribution in [2.45, 2.75) is 24.4 Å². The van der Waals surface area contributed by atoms with Crippen LogP contribution in [0.15, 0.2) is 30.3 Å². The zero-order valence-corrected chi connectivity index (χ0v) is 13.2. The minimum Gasteiger partial charge on any atom is -0.388 e. The molecule has 0 radical (unpaired) electrons. The lowest BCUT2D eigenvalue weighted by molar-refractivity contribution is -0.119. The van der Waals surface area contributed by atoms with Crippen LogP contribution in [0, 0.1) is 0 Å². The number of hydrogen-bond donors (Lipinski definition) is 6. The molecule has 0 aliphatic heterocycles. The maximum Gasteiger partial charge on any atom is 0.469 e. The third-order valence-corrected chi connectivity index (χ3v) is 3.49. The summed E-state index contributed by atoms with van der Waals surface area (Å²) in [5, 5.41) is 31.3. The van der Waals surface area contributed by atoms with Crippen LogP contribution in [-0.2, 0) is 13.9 Å². The molecule has 0 bridgehead atoms. The van der Waals surface area contributed by atoms with Gasteiger partial charge in [-0.15, -0.1) is 0 Å². The van der Waals surface area contributed by atoms with Gasteiger partial charge < -0.3 is 35.2 Å². The summed E-state index contributed by atoms with van der Waals surface area (Å²) in [5.41, 5.74) is 0.205. The highest BCUT2D eigenvalue weighted by molar-refractivity contribution is 7.46. The predicted octanol–water partition coefficient (Wildman–Crippen LogP) is -1.82. The van der Waals surface area contributed by atoms with Gasteiger partial charge in [0, 0.05) is 5.56 Å². The van der Waals surface area contributed by atoms with Crippen LogP contribution in [0.25, 0.3) is 0 Å². The van der Waals surface area contributed by atoms with E-state index < -0.39 is 44.7 Å². The number of phosphoric acid groups is 1. The largest absolute Gasteiger partial charge is 0.469 e. The summed E-state index contributed by atoms with van der Waals surface area (Å²) in [4.78, 5) is 40.0. The highest BCUT2D eigenvalue weighted by Crippen LogP contribution is 2.35. The second-order valence-electron chi connectivity index (χ2n) is 4.84. The molecule has 0 unspecified atom stereocenters. The zero-order chi connectivity index (χ0) is 18.3. The third-order valence-electron chi connectivity index (χ3n) is 3.01. The minimum absolute atomic E-state index is 0.158. The Kier molecular flexibility index (Phi) is 7.64. The molecule has 0 saturated carbocycles. The molecule has 11 heteroatoms. The van der Waals surface area contributed by atoms with E-state index in [1.165, 1.54) is 12.1 Å². The lowest BCUT2D eigenvalue weighted by Gasteiger charge is -2.27. The van der Waals surface area contributed by atoms with Gasteiger partial charge in [0.2, 0.25) is 0 Å². The number of benzene rings is 1. The van der Waals surface area contributed by atoms with Crippen LogP contribution in [0.5, 0.6) is 0 Å². The normalized spacial score (nSPS) is 16.7. The van der Waals surface area contributed by atoms with E-state index in [2.05, 4.69) is 9.84 Å². The van der Waals surface area contributed by atoms with Crippen LogP contribution in [-0.4, -0.2) is 68.3 Å². The number of carbonyl (C=O) groups is 2. The van der Waals surface area contributed by atoms with Gasteiger partial charge in [-0.2, -0.15) is 0 Å². The zero-order valence-electron chi connectivity index (χ0n) is 12.3. The van der Waals surface area contributed by atoms with E-state index in [1.807, 2.05) is 0 Å². The molecule has 0 aromatic heterocycles. The molecule has 4 atom stereocenters. The molecule has 6 N–H and O–H groups in total. The quantitative estimate of drug-likeness (QED) is 0.218. The molecule has 1 rings (SSSR count). The van der Waals surface area contributed by atoms with Gasteiger partial charge in [-0.1, -0.05) is 18.2 Å². The van der Waals surface area contributed by atoms with Gasteiger partial charge in [0.1, 0.15) is 30.6 Å². The molecule has 134 valence electrons. The first-order chi connectivity index (χ1) is 11.2. The average Bonchev–Trinajstić information content (AvgIpc) is 2.56. The molecule has 1 aromatic rings. The topological polar surface area (TPSA) is 174 Å². The van der Waals surface area contributed by atoms with Crippen LogP contribution >= 0.6 is 7.82 Å². The SMILES string of the molecule is O=C[C@H](NC(=O)c1ccccc1)[C@@H](O)[C@@H](O)[C@H](O)COP(=O)(O)O. The second-order valence-corrected chi connectivity index (χ2v) is 6.08. The Morgan fingerprint density at radius 3 is 2.25 bits per heavy atom. The standard InChI is InChI=1S/C13H18NO9P/c15-6-9(14-13(19)8-4-2-1-3-5-8)11(17)12(18)10(16)7-23-24(20,21)22/h1-6,9-12,16-18H,7H2,(H,14,19)(H2,20,21,22)/t9-,10+,11+,12-/m0/s1. The Morgan fingerprint density at radius 2 is 1.75 bits per heavy atom. The van der Waals surface area contributed by atoms with Crippen molar-refractivity contribution < 1.29 is 43.8 Å². The molecule has 1 aromatic carbocycles. The molecular formula is C13H18NO9P. The molecule has 0 fully saturated rings. The fourth-order valence-electron chi connectivity index (χ4n) is 1.74. The van der Waals surface area contributed by atoms with E-state index in [9.17, 15) is 29.5 Å². The Labute approximate surface area is 136 Å². The van der Waals surface area contributed by atoms with Crippen molar-refractivity contribution in [2.24, 2.45) is 0 Å². The third kappa shape index (κ3) is 6.46. The number of aliphatic hydroxyl groups is 3. The monoisotopic (exact) mass is 363 g/mol. The smallest absolute Gasteiger partial charge is 0.388 e. The van der Waals surface area contributed by atoms with Crippen LogP contribution in [0.4, 0.5) is 0 Å². The highest BCUT2D eigenvalue weighted by atomic mass is 31.2. The Hall–Kier alpha value is -1.65. The number of amides is 1. The number of rotatable bonds is 9. The van der Waals surface area contributed by atoms with Crippen molar-refractivity contribution in [3.63, 3.8) is 0 Å². The summed E-state index contributed by atoms with van der Waals surface area (Å²) in [6.07, 6.45) is -5.66. The first-order valence-corrected chi connectivity index (χ1v) is 8.24. The molecule has 1 amide bonds. The number of aliphatic hydroxyl groups excluding tert-OH is 3. The Balaban J connectivity index is 2.67. The maximum atomic E-state index is 11.9. The van der Waals surface area contributed by atoms with Crippen molar-refractivity contribution in [3.05, 3.63) is 35.9 Å². The van der Waals surface area contributed by atoms with Crippen LogP contribution in [0.2, 0.25) is 0 Å². The predicted molar refractivity (Wildman–Crippen MR) is 79.8 cm³/mol. The molecule has 10 nitrogen and oxygen atoms in total. The lowest BCUT2D eigenvalue weighted by Crippen LogP contribution is -2.53. The lowest BCUT2D eigenvalue weighted by atomic mass is 10.0. The number of hydrogen-bond acceptors (Lipinski definition) is 7. The maximum absolute atomic E-state index is 11.9. The highest BCUT2D eigenvalue weighted by Gasteiger charge is 2.33. The summed E-state index contributed by atoms with van der Waals surface area (Å²) in [5.74, 6) is -0.695. The molecule has 0 aliphatic rings. The fourth-order valence-corrected chi connectivity index (χ4v) is 2.08. The van der Waals surface area contributed by atoms with Gasteiger partial charge in [0.05, 0.1) is 6.61 Å². The van der Waals surface area contributed by atoms with Gasteiger partial charge in [0.15, 0.2) is 0 Å². The summed E-state index contributed by atoms with van der Waals surface area (Å²) in [6.45, 7) is -0.985. The van der Waals surface area contributed by atoms with Crippen LogP contribution in [0.1, 0.15) is 10.4 Å². The Bertz CT molecular complexity index is 590. The van der Waals surface area contributed by atoms with E-state index in [0.29, 0.717) is 0 Å². The summed E-state index contributed by atoms with van der Waals surface area (Å²) >= 11 is 0. The van der Waals surface area contributed by atoms with Crippen molar-refractivity contribution in [1.82, 2.24) is 5.32 Å². The van der Waals surface area contributed by atoms with Gasteiger partial charge in [-0.05, 0) is 12.1 Å². The molecule has 24 heavy (non-hydrogen) atoms. The minimum atomic E-state index is -4.87. The number of aldehydes is 1. The van der Waals surface area contributed by atoms with E-state index in [-0.39, 0.29) is 11.8 Å². The van der Waals surface area contributed by atoms with Crippen LogP contribution < -0.4 is 5.32 Å². The van der Waals surface area contributed by atoms with Gasteiger partial charge in [0.25, 0.3) is 5.91 Å². The first kappa shape index (κ1) is 20.4. The first-order valence-electron chi connectivity index (χ1n) is 6.71. The Morgan fingerprint density at radius 1 is 1.17 bits per heavy atom. The average molecular weight is 363 g/mol. The van der Waals surface area contributed by atoms with Crippen LogP contribution in [0.3, 0.4) is 0 Å². The van der Waals surface area contributed by atoms with E-state index in [0.717, 1.165) is 0 Å². The fraction of sp³-hybridized carbons (Fsp3) is 0.385. The number of nitrogens with one attached hydrogen (secondary N) is 1. The van der Waals surface area contributed by atoms with Crippen molar-refractivity contribution in [3.8, 4) is 0 Å². The summed E-state index contributed by atoms with van der Waals surface area (Å²) < 4.78 is 14.5.